The fourth-order valence-electron chi connectivity index (χ4n) is 1.58. The number of hydrogen-bond acceptors (Lipinski definition) is 4. The van der Waals surface area contributed by atoms with E-state index in [4.69, 9.17) is 16.7 Å². The van der Waals surface area contributed by atoms with E-state index in [1.807, 2.05) is 0 Å². The minimum atomic E-state index is -3.84. The van der Waals surface area contributed by atoms with E-state index < -0.39 is 22.5 Å². The largest absolute Gasteiger partial charge is 0.480 e. The Kier molecular flexibility index (Phi) is 4.19. The van der Waals surface area contributed by atoms with Gasteiger partial charge < -0.3 is 5.11 Å². The van der Waals surface area contributed by atoms with Crippen molar-refractivity contribution in [1.82, 2.24) is 9.78 Å². The van der Waals surface area contributed by atoms with Crippen molar-refractivity contribution in [2.75, 3.05) is 4.72 Å². The third-order valence-corrected chi connectivity index (χ3v) is 4.38. The van der Waals surface area contributed by atoms with Crippen molar-refractivity contribution < 1.29 is 18.3 Å². The molecule has 1 heterocycles. The molecule has 2 rings (SSSR count). The minimum absolute atomic E-state index is 0.125. The van der Waals surface area contributed by atoms with Gasteiger partial charge in [-0.1, -0.05) is 17.7 Å². The van der Waals surface area contributed by atoms with E-state index in [2.05, 4.69) is 9.82 Å². The Bertz CT molecular complexity index is 786. The molecular weight excluding hydrogens is 318 g/mol. The molecule has 9 heteroatoms. The first kappa shape index (κ1) is 15.3. The van der Waals surface area contributed by atoms with Crippen molar-refractivity contribution in [3.05, 3.63) is 41.2 Å². The lowest BCUT2D eigenvalue weighted by Gasteiger charge is -2.07. The van der Waals surface area contributed by atoms with Gasteiger partial charge in [-0.15, -0.1) is 0 Å². The SMILES string of the molecule is Cc1ccc(NS(=O)(=O)c2cnn(CC(=O)O)c2)cc1Cl. The van der Waals surface area contributed by atoms with Gasteiger partial charge >= 0.3 is 5.97 Å². The van der Waals surface area contributed by atoms with Gasteiger partial charge in [0.15, 0.2) is 0 Å². The van der Waals surface area contributed by atoms with Crippen LogP contribution < -0.4 is 4.72 Å². The normalized spacial score (nSPS) is 11.3. The summed E-state index contributed by atoms with van der Waals surface area (Å²) in [5.41, 5.74) is 1.14. The van der Waals surface area contributed by atoms with Gasteiger partial charge in [0.2, 0.25) is 0 Å². The Balaban J connectivity index is 2.23. The zero-order valence-electron chi connectivity index (χ0n) is 10.9. The molecule has 21 heavy (non-hydrogen) atoms. The molecule has 0 saturated heterocycles. The maximum atomic E-state index is 12.1. The monoisotopic (exact) mass is 329 g/mol. The van der Waals surface area contributed by atoms with Crippen LogP contribution in [0.3, 0.4) is 0 Å². The summed E-state index contributed by atoms with van der Waals surface area (Å²) >= 11 is 5.93. The number of nitrogens with one attached hydrogen (secondary N) is 1. The number of hydrogen-bond donors (Lipinski definition) is 2. The standard InChI is InChI=1S/C12H12ClN3O4S/c1-8-2-3-9(4-11(8)13)15-21(19,20)10-5-14-16(6-10)7-12(17)18/h2-6,15H,7H2,1H3,(H,17,18). The predicted molar refractivity (Wildman–Crippen MR) is 76.9 cm³/mol. The van der Waals surface area contributed by atoms with Crippen LogP contribution in [0.15, 0.2) is 35.5 Å². The summed E-state index contributed by atoms with van der Waals surface area (Å²) in [7, 11) is -3.84. The van der Waals surface area contributed by atoms with Crippen LogP contribution >= 0.6 is 11.6 Å². The van der Waals surface area contributed by atoms with E-state index in [1.165, 1.54) is 6.07 Å². The number of aryl methyl sites for hydroxylation is 1. The number of aliphatic carboxylic acids is 1. The smallest absolute Gasteiger partial charge is 0.325 e. The number of carboxylic acids is 1. The van der Waals surface area contributed by atoms with Crippen molar-refractivity contribution >= 4 is 33.3 Å². The summed E-state index contributed by atoms with van der Waals surface area (Å²) in [5.74, 6) is -1.11. The molecule has 0 fully saturated rings. The first-order valence-corrected chi connectivity index (χ1v) is 7.67. The maximum absolute atomic E-state index is 12.1. The number of benzene rings is 1. The molecule has 0 radical (unpaired) electrons. The second-order valence-corrected chi connectivity index (χ2v) is 6.43. The van der Waals surface area contributed by atoms with E-state index in [1.54, 1.807) is 19.1 Å². The average Bonchev–Trinajstić information content (AvgIpc) is 2.82. The van der Waals surface area contributed by atoms with Crippen molar-refractivity contribution in [3.8, 4) is 0 Å². The van der Waals surface area contributed by atoms with Gasteiger partial charge in [0.05, 0.1) is 11.9 Å². The molecule has 1 aromatic heterocycles. The number of rotatable bonds is 5. The number of carbonyl (C=O) groups is 1. The van der Waals surface area contributed by atoms with Crippen LogP contribution in [0, 0.1) is 6.92 Å². The van der Waals surface area contributed by atoms with Crippen LogP contribution in [-0.2, 0) is 21.4 Å². The van der Waals surface area contributed by atoms with E-state index in [9.17, 15) is 13.2 Å². The third-order valence-electron chi connectivity index (χ3n) is 2.64. The van der Waals surface area contributed by atoms with E-state index in [0.717, 1.165) is 22.6 Å². The van der Waals surface area contributed by atoms with Crippen LogP contribution in [0.1, 0.15) is 5.56 Å². The van der Waals surface area contributed by atoms with Gasteiger partial charge in [-0.05, 0) is 24.6 Å². The van der Waals surface area contributed by atoms with Crippen molar-refractivity contribution in [2.24, 2.45) is 0 Å². The van der Waals surface area contributed by atoms with Crippen LogP contribution in [0.4, 0.5) is 5.69 Å². The molecule has 0 aliphatic rings. The summed E-state index contributed by atoms with van der Waals surface area (Å²) < 4.78 is 27.7. The summed E-state index contributed by atoms with van der Waals surface area (Å²) in [6.45, 7) is 1.39. The number of halogens is 1. The molecule has 2 N–H and O–H groups in total. The first-order chi connectivity index (χ1) is 9.78. The Labute approximate surface area is 126 Å². The molecule has 2 aromatic rings. The first-order valence-electron chi connectivity index (χ1n) is 5.81. The van der Waals surface area contributed by atoms with Crippen LogP contribution in [-0.4, -0.2) is 29.3 Å². The minimum Gasteiger partial charge on any atom is -0.480 e. The summed E-state index contributed by atoms with van der Waals surface area (Å²) in [5, 5.41) is 12.8. The van der Waals surface area contributed by atoms with Gasteiger partial charge in [-0.2, -0.15) is 5.10 Å². The van der Waals surface area contributed by atoms with Gasteiger partial charge in [0, 0.05) is 11.2 Å². The highest BCUT2D eigenvalue weighted by molar-refractivity contribution is 7.92. The van der Waals surface area contributed by atoms with Crippen LogP contribution in [0.25, 0.3) is 0 Å². The lowest BCUT2D eigenvalue weighted by molar-refractivity contribution is -0.137. The summed E-state index contributed by atoms with van der Waals surface area (Å²) in [4.78, 5) is 10.4. The molecule has 1 aromatic carbocycles. The number of nitrogens with zero attached hydrogens (tertiary/aromatic N) is 2. The molecule has 0 atom stereocenters. The topological polar surface area (TPSA) is 101 Å². The van der Waals surface area contributed by atoms with E-state index in [0.29, 0.717) is 10.7 Å². The highest BCUT2D eigenvalue weighted by Crippen LogP contribution is 2.22. The fraction of sp³-hybridized carbons (Fsp3) is 0.167. The molecule has 0 saturated carbocycles. The molecule has 0 unspecified atom stereocenters. The molecule has 0 spiro atoms. The Morgan fingerprint density at radius 3 is 2.81 bits per heavy atom. The lowest BCUT2D eigenvalue weighted by atomic mass is 10.2. The summed E-state index contributed by atoms with van der Waals surface area (Å²) in [6.07, 6.45) is 2.23. The molecule has 0 aliphatic carbocycles. The van der Waals surface area contributed by atoms with Gasteiger partial charge in [0.1, 0.15) is 11.4 Å². The number of aromatic nitrogens is 2. The summed E-state index contributed by atoms with van der Waals surface area (Å²) in [6, 6.07) is 4.77. The maximum Gasteiger partial charge on any atom is 0.325 e. The van der Waals surface area contributed by atoms with E-state index in [-0.39, 0.29) is 4.90 Å². The average molecular weight is 330 g/mol. The number of anilines is 1. The molecular formula is C12H12ClN3O4S. The molecule has 0 bridgehead atoms. The molecule has 7 nitrogen and oxygen atoms in total. The molecule has 0 amide bonds. The van der Waals surface area contributed by atoms with Gasteiger partial charge in [-0.25, -0.2) is 8.42 Å². The Morgan fingerprint density at radius 1 is 1.48 bits per heavy atom. The fourth-order valence-corrected chi connectivity index (χ4v) is 2.76. The number of carboxylic acid groups (broad SMARTS) is 1. The molecule has 0 aliphatic heterocycles. The van der Waals surface area contributed by atoms with Crippen molar-refractivity contribution in [3.63, 3.8) is 0 Å². The highest BCUT2D eigenvalue weighted by atomic mass is 35.5. The number of sulfonamides is 1. The highest BCUT2D eigenvalue weighted by Gasteiger charge is 2.17. The second-order valence-electron chi connectivity index (χ2n) is 4.34. The van der Waals surface area contributed by atoms with Gasteiger partial charge in [0.25, 0.3) is 10.0 Å². The zero-order valence-corrected chi connectivity index (χ0v) is 12.5. The van der Waals surface area contributed by atoms with E-state index >= 15 is 0 Å². The molecule has 112 valence electrons. The van der Waals surface area contributed by atoms with Crippen molar-refractivity contribution in [2.45, 2.75) is 18.4 Å². The predicted octanol–water partition coefficient (Wildman–Crippen LogP) is 1.73. The third kappa shape index (κ3) is 3.73. The van der Waals surface area contributed by atoms with Crippen LogP contribution in [0.5, 0.6) is 0 Å². The van der Waals surface area contributed by atoms with Crippen molar-refractivity contribution in [1.29, 1.82) is 0 Å². The quantitative estimate of drug-likeness (QED) is 0.869. The van der Waals surface area contributed by atoms with Gasteiger partial charge in [-0.3, -0.25) is 14.2 Å². The second kappa shape index (κ2) is 5.74. The Hall–Kier alpha value is -2.06. The van der Waals surface area contributed by atoms with Crippen LogP contribution in [0.2, 0.25) is 5.02 Å². The Morgan fingerprint density at radius 2 is 2.19 bits per heavy atom. The lowest BCUT2D eigenvalue weighted by Crippen LogP contribution is -2.13. The zero-order chi connectivity index (χ0) is 15.6.